The predicted octanol–water partition coefficient (Wildman–Crippen LogP) is -13.5. The smallest absolute Gasteiger partial charge is 0.822 e. The van der Waals surface area contributed by atoms with Crippen LogP contribution < -0.4 is 169 Å². The summed E-state index contributed by atoms with van der Waals surface area (Å²) in [4.78, 5) is 25.6. The maximum absolute atomic E-state index is 8.55. The van der Waals surface area contributed by atoms with Crippen molar-refractivity contribution in [3.63, 3.8) is 0 Å². The summed E-state index contributed by atoms with van der Waals surface area (Å²) in [6.07, 6.45) is 0. The van der Waals surface area contributed by atoms with E-state index in [9.17, 15) is 0 Å². The normalized spacial score (nSPS) is 5.90. The third-order valence-corrected chi connectivity index (χ3v) is 0. The van der Waals surface area contributed by atoms with Gasteiger partial charge in [0, 0.05) is 0 Å². The molecule has 0 saturated carbocycles. The Morgan fingerprint density at radius 2 is 0.800 bits per heavy atom. The first kappa shape index (κ1) is 36.3. The van der Waals surface area contributed by atoms with Crippen LogP contribution in [0.3, 0.4) is 0 Å². The van der Waals surface area contributed by atoms with Gasteiger partial charge >= 0.3 is 154 Å². The molecule has 4 N–H and O–H groups in total. The molecule has 0 saturated heterocycles. The molecule has 0 aromatic carbocycles. The number of rotatable bonds is 0. The molecule has 0 aliphatic carbocycles. The van der Waals surface area contributed by atoms with E-state index in [4.69, 9.17) is 19.2 Å². The predicted molar refractivity (Wildman–Crippen MR) is 14.8 cm³/mol. The van der Waals surface area contributed by atoms with Crippen LogP contribution in [0.2, 0.25) is 0 Å². The van der Waals surface area contributed by atoms with Crippen molar-refractivity contribution >= 4 is 7.82 Å². The molecule has 6 nitrogen and oxygen atoms in total. The van der Waals surface area contributed by atoms with E-state index in [1.54, 1.807) is 0 Å². The minimum Gasteiger partial charge on any atom is -0.822 e. The van der Waals surface area contributed by atoms with Gasteiger partial charge in [-0.05, 0) is 0 Å². The second-order valence-corrected chi connectivity index (χ2v) is 1.34. The molecule has 0 heterocycles. The first-order valence-corrected chi connectivity index (χ1v) is 2.19. The minimum absolute atomic E-state index is 0. The summed E-state index contributed by atoms with van der Waals surface area (Å²) in [5.41, 5.74) is 0. The van der Waals surface area contributed by atoms with Crippen LogP contribution >= 0.6 is 7.82 Å². The molecule has 0 rings (SSSR count). The van der Waals surface area contributed by atoms with Gasteiger partial charge in [0.2, 0.25) is 0 Å². The average Bonchev–Trinajstić information content (AvgIpc) is 0.722. The molecule has 0 aliphatic heterocycles. The van der Waals surface area contributed by atoms with Gasteiger partial charge in [-0.25, -0.2) is 0 Å². The standard InChI is InChI=1S/3K.H3O4P.2H2O/c;;;1-5(2,3)4;;/h;;;(H3,1,2,3,4);2*1H2/q3*+1;;;/p-3. The zero-order chi connectivity index (χ0) is 4.50. The summed E-state index contributed by atoms with van der Waals surface area (Å²) in [5, 5.41) is 0. The van der Waals surface area contributed by atoms with Crippen LogP contribution in [0.5, 0.6) is 0 Å². The van der Waals surface area contributed by atoms with Gasteiger partial charge in [0.05, 0.1) is 0 Å². The zero-order valence-electron chi connectivity index (χ0n) is 6.08. The molecule has 0 bridgehead atoms. The van der Waals surface area contributed by atoms with E-state index in [-0.39, 0.29) is 165 Å². The van der Waals surface area contributed by atoms with Gasteiger partial charge < -0.3 is 30.2 Å². The third-order valence-electron chi connectivity index (χ3n) is 0. The molecule has 48 valence electrons. The average molecular weight is 248 g/mol. The Morgan fingerprint density at radius 1 is 0.800 bits per heavy atom. The summed E-state index contributed by atoms with van der Waals surface area (Å²) < 4.78 is 8.55. The Bertz CT molecular complexity index is 59.1. The molecule has 0 radical (unpaired) electrons. The molecule has 10 heavy (non-hydrogen) atoms. The van der Waals surface area contributed by atoms with Crippen LogP contribution in [0.25, 0.3) is 0 Å². The molecule has 0 spiro atoms. The summed E-state index contributed by atoms with van der Waals surface area (Å²) in [6, 6.07) is 0. The van der Waals surface area contributed by atoms with E-state index >= 15 is 0 Å². The van der Waals surface area contributed by atoms with Crippen LogP contribution in [0.1, 0.15) is 0 Å². The van der Waals surface area contributed by atoms with E-state index in [2.05, 4.69) is 0 Å². The fraction of sp³-hybridized carbons (Fsp3) is 0. The molecule has 0 aliphatic rings. The van der Waals surface area contributed by atoms with Crippen LogP contribution in [0.15, 0.2) is 0 Å². The van der Waals surface area contributed by atoms with Gasteiger partial charge in [-0.3, -0.25) is 0 Å². The maximum Gasteiger partial charge on any atom is 1.00 e. The van der Waals surface area contributed by atoms with E-state index in [1.807, 2.05) is 0 Å². The van der Waals surface area contributed by atoms with Gasteiger partial charge in [0.25, 0.3) is 0 Å². The number of hydrogen-bond donors (Lipinski definition) is 0. The van der Waals surface area contributed by atoms with Gasteiger partial charge in [-0.1, -0.05) is 0 Å². The van der Waals surface area contributed by atoms with E-state index in [1.165, 1.54) is 0 Å². The SMILES string of the molecule is O.O.O=P([O-])([O-])[O-].[K+].[K+].[K+]. The van der Waals surface area contributed by atoms with E-state index in [0.29, 0.717) is 0 Å². The molecule has 10 heteroatoms. The van der Waals surface area contributed by atoms with Crippen molar-refractivity contribution in [1.29, 1.82) is 0 Å². The topological polar surface area (TPSA) is 149 Å². The summed E-state index contributed by atoms with van der Waals surface area (Å²) in [7, 11) is -5.39. The van der Waals surface area contributed by atoms with Gasteiger partial charge in [-0.15, -0.1) is 0 Å². The third kappa shape index (κ3) is 75.6. The fourth-order valence-electron chi connectivity index (χ4n) is 0. The number of hydrogen-bond acceptors (Lipinski definition) is 4. The Kier molecular flexibility index (Phi) is 70.8. The summed E-state index contributed by atoms with van der Waals surface area (Å²) in [5.74, 6) is 0. The van der Waals surface area contributed by atoms with E-state index in [0.717, 1.165) is 0 Å². The Labute approximate surface area is 186 Å². The molecular formula is H4K3O6P. The van der Waals surface area contributed by atoms with E-state index < -0.39 is 7.82 Å². The van der Waals surface area contributed by atoms with Crippen molar-refractivity contribution in [2.24, 2.45) is 0 Å². The molecular weight excluding hydrogens is 244 g/mol. The Morgan fingerprint density at radius 3 is 0.800 bits per heavy atom. The second-order valence-electron chi connectivity index (χ2n) is 0.447. The first-order valence-electron chi connectivity index (χ1n) is 0.730. The van der Waals surface area contributed by atoms with Gasteiger partial charge in [0.1, 0.15) is 0 Å². The summed E-state index contributed by atoms with van der Waals surface area (Å²) in [6.45, 7) is 0. The molecule has 0 aromatic heterocycles. The monoisotopic (exact) mass is 248 g/mol. The molecule has 0 atom stereocenters. The molecule has 0 aromatic rings. The van der Waals surface area contributed by atoms with Crippen molar-refractivity contribution in [3.05, 3.63) is 0 Å². The largest absolute Gasteiger partial charge is 1.00 e. The Balaban J connectivity index is -0.00000000800. The second kappa shape index (κ2) is 19.5. The molecule has 0 unspecified atom stereocenters. The molecule has 0 amide bonds. The van der Waals surface area contributed by atoms with Crippen molar-refractivity contribution in [2.45, 2.75) is 0 Å². The first-order chi connectivity index (χ1) is 2.00. The van der Waals surface area contributed by atoms with Crippen LogP contribution in [-0.4, -0.2) is 11.0 Å². The quantitative estimate of drug-likeness (QED) is 0.309. The Hall–Kier alpha value is 4.94. The van der Waals surface area contributed by atoms with Crippen LogP contribution in [0, 0.1) is 0 Å². The maximum atomic E-state index is 8.55. The van der Waals surface area contributed by atoms with Crippen LogP contribution in [0.4, 0.5) is 0 Å². The zero-order valence-corrected chi connectivity index (χ0v) is 16.3. The fourth-order valence-corrected chi connectivity index (χ4v) is 0. The minimum atomic E-state index is -5.39. The number of phosphoric acid groups is 1. The van der Waals surface area contributed by atoms with Crippen LogP contribution in [-0.2, 0) is 4.57 Å². The van der Waals surface area contributed by atoms with Crippen molar-refractivity contribution in [1.82, 2.24) is 0 Å². The van der Waals surface area contributed by atoms with Gasteiger partial charge in [0.15, 0.2) is 0 Å². The van der Waals surface area contributed by atoms with Crippen molar-refractivity contribution in [2.75, 3.05) is 0 Å². The summed E-state index contributed by atoms with van der Waals surface area (Å²) >= 11 is 0. The van der Waals surface area contributed by atoms with Gasteiger partial charge in [-0.2, -0.15) is 7.82 Å². The van der Waals surface area contributed by atoms with Crippen molar-refractivity contribution < 1.29 is 184 Å². The molecule has 0 fully saturated rings. The van der Waals surface area contributed by atoms with Crippen molar-refractivity contribution in [3.8, 4) is 0 Å².